The molecule has 0 atom stereocenters. The summed E-state index contributed by atoms with van der Waals surface area (Å²) in [6, 6.07) is 10.9. The largest absolute Gasteiger partial charge is 0.328 e. The van der Waals surface area contributed by atoms with E-state index in [0.29, 0.717) is 6.04 Å². The molecule has 1 heterocycles. The molecule has 0 aliphatic heterocycles. The molecule has 1 aliphatic carbocycles. The molecule has 2 aromatic rings. The number of hydrogen-bond donors (Lipinski definition) is 2. The van der Waals surface area contributed by atoms with Gasteiger partial charge in [0, 0.05) is 30.5 Å². The maximum atomic E-state index is 5.99. The van der Waals surface area contributed by atoms with Crippen molar-refractivity contribution in [2.75, 3.05) is 26.2 Å². The smallest absolute Gasteiger partial charge is 0.159 e. The van der Waals surface area contributed by atoms with E-state index in [2.05, 4.69) is 51.4 Å². The van der Waals surface area contributed by atoms with E-state index in [1.54, 1.807) is 12.4 Å². The van der Waals surface area contributed by atoms with Crippen molar-refractivity contribution in [3.63, 3.8) is 0 Å². The van der Waals surface area contributed by atoms with Crippen molar-refractivity contribution >= 4 is 0 Å². The van der Waals surface area contributed by atoms with Gasteiger partial charge in [-0.05, 0) is 75.8 Å². The van der Waals surface area contributed by atoms with Crippen molar-refractivity contribution < 1.29 is 0 Å². The van der Waals surface area contributed by atoms with Crippen LogP contribution in [-0.4, -0.2) is 47.1 Å². The molecule has 152 valence electrons. The Labute approximate surface area is 169 Å². The number of hydrogen-bond acceptors (Lipinski definition) is 5. The summed E-state index contributed by atoms with van der Waals surface area (Å²) in [7, 11) is 0. The lowest BCUT2D eigenvalue weighted by atomic mass is 9.86. The molecule has 0 saturated heterocycles. The van der Waals surface area contributed by atoms with Gasteiger partial charge in [-0.3, -0.25) is 4.90 Å². The Morgan fingerprint density at radius 3 is 2.46 bits per heavy atom. The van der Waals surface area contributed by atoms with E-state index >= 15 is 0 Å². The standard InChI is InChI=1S/C23H35N5/c1-2-28(16-4-13-25-17-19-7-11-22(24)12-8-19)18-20-5-9-21(10-6-20)23-26-14-3-15-27-23/h3,5-6,9-10,14-15,19,22,25H,2,4,7-8,11-13,16-18,24H2,1H3. The van der Waals surface area contributed by atoms with Gasteiger partial charge in [0.05, 0.1) is 0 Å². The van der Waals surface area contributed by atoms with Gasteiger partial charge < -0.3 is 11.1 Å². The first-order valence-corrected chi connectivity index (χ1v) is 10.8. The highest BCUT2D eigenvalue weighted by Gasteiger charge is 2.17. The number of aromatic nitrogens is 2. The third-order valence-electron chi connectivity index (χ3n) is 5.78. The van der Waals surface area contributed by atoms with E-state index in [4.69, 9.17) is 5.73 Å². The van der Waals surface area contributed by atoms with Crippen LogP contribution in [0.2, 0.25) is 0 Å². The molecule has 1 saturated carbocycles. The Morgan fingerprint density at radius 2 is 1.79 bits per heavy atom. The van der Waals surface area contributed by atoms with Gasteiger partial charge in [0.25, 0.3) is 0 Å². The van der Waals surface area contributed by atoms with Crippen LogP contribution in [0.4, 0.5) is 0 Å². The Morgan fingerprint density at radius 1 is 1.07 bits per heavy atom. The van der Waals surface area contributed by atoms with Gasteiger partial charge in [-0.15, -0.1) is 0 Å². The predicted molar refractivity (Wildman–Crippen MR) is 116 cm³/mol. The third kappa shape index (κ3) is 6.66. The second-order valence-corrected chi connectivity index (χ2v) is 7.98. The lowest BCUT2D eigenvalue weighted by molar-refractivity contribution is 0.270. The van der Waals surface area contributed by atoms with Gasteiger partial charge in [-0.25, -0.2) is 9.97 Å². The van der Waals surface area contributed by atoms with Crippen molar-refractivity contribution in [3.8, 4) is 11.4 Å². The van der Waals surface area contributed by atoms with Crippen molar-refractivity contribution in [1.29, 1.82) is 0 Å². The van der Waals surface area contributed by atoms with Gasteiger partial charge in [0.2, 0.25) is 0 Å². The van der Waals surface area contributed by atoms with Crippen LogP contribution in [0.25, 0.3) is 11.4 Å². The second-order valence-electron chi connectivity index (χ2n) is 7.98. The van der Waals surface area contributed by atoms with Crippen LogP contribution in [0, 0.1) is 5.92 Å². The van der Waals surface area contributed by atoms with E-state index in [-0.39, 0.29) is 0 Å². The lowest BCUT2D eigenvalue weighted by Crippen LogP contribution is -2.33. The minimum atomic E-state index is 0.448. The van der Waals surface area contributed by atoms with Crippen molar-refractivity contribution in [2.45, 2.75) is 51.6 Å². The third-order valence-corrected chi connectivity index (χ3v) is 5.78. The number of nitrogens with zero attached hydrogens (tertiary/aromatic N) is 3. The zero-order valence-electron chi connectivity index (χ0n) is 17.2. The van der Waals surface area contributed by atoms with E-state index in [0.717, 1.165) is 50.0 Å². The molecule has 0 bridgehead atoms. The molecule has 5 nitrogen and oxygen atoms in total. The zero-order chi connectivity index (χ0) is 19.6. The van der Waals surface area contributed by atoms with Crippen LogP contribution in [0.15, 0.2) is 42.7 Å². The fourth-order valence-electron chi connectivity index (χ4n) is 3.94. The number of rotatable bonds is 10. The Hall–Kier alpha value is -1.82. The molecule has 0 radical (unpaired) electrons. The fourth-order valence-corrected chi connectivity index (χ4v) is 3.94. The van der Waals surface area contributed by atoms with Crippen LogP contribution in [0.3, 0.4) is 0 Å². The highest BCUT2D eigenvalue weighted by Crippen LogP contribution is 2.22. The van der Waals surface area contributed by atoms with Crippen LogP contribution < -0.4 is 11.1 Å². The highest BCUT2D eigenvalue weighted by atomic mass is 15.1. The quantitative estimate of drug-likeness (QED) is 0.617. The number of benzene rings is 1. The van der Waals surface area contributed by atoms with E-state index in [1.807, 2.05) is 6.07 Å². The van der Waals surface area contributed by atoms with E-state index in [9.17, 15) is 0 Å². The van der Waals surface area contributed by atoms with Crippen molar-refractivity contribution in [3.05, 3.63) is 48.3 Å². The molecule has 1 fully saturated rings. The first-order valence-electron chi connectivity index (χ1n) is 10.8. The molecular formula is C23H35N5. The summed E-state index contributed by atoms with van der Waals surface area (Å²) in [5, 5.41) is 3.66. The van der Waals surface area contributed by atoms with Gasteiger partial charge in [0.1, 0.15) is 0 Å². The molecule has 1 aromatic carbocycles. The average molecular weight is 382 g/mol. The topological polar surface area (TPSA) is 67.1 Å². The van der Waals surface area contributed by atoms with E-state index in [1.165, 1.54) is 37.7 Å². The highest BCUT2D eigenvalue weighted by molar-refractivity contribution is 5.54. The summed E-state index contributed by atoms with van der Waals surface area (Å²) in [5.74, 6) is 1.61. The second kappa shape index (κ2) is 11.2. The van der Waals surface area contributed by atoms with Crippen LogP contribution >= 0.6 is 0 Å². The minimum absolute atomic E-state index is 0.448. The average Bonchev–Trinajstić information content (AvgIpc) is 2.75. The number of nitrogens with one attached hydrogen (secondary N) is 1. The Kier molecular flexibility index (Phi) is 8.40. The molecule has 3 N–H and O–H groups in total. The normalized spacial score (nSPS) is 19.8. The van der Waals surface area contributed by atoms with E-state index < -0.39 is 0 Å². The molecule has 0 amide bonds. The first-order chi connectivity index (χ1) is 13.7. The van der Waals surface area contributed by atoms with Gasteiger partial charge in [-0.2, -0.15) is 0 Å². The molecule has 5 heteroatoms. The molecule has 0 spiro atoms. The zero-order valence-corrected chi connectivity index (χ0v) is 17.2. The Balaban J connectivity index is 1.36. The monoisotopic (exact) mass is 381 g/mol. The maximum absolute atomic E-state index is 5.99. The lowest BCUT2D eigenvalue weighted by Gasteiger charge is -2.26. The summed E-state index contributed by atoms with van der Waals surface area (Å²) in [6.07, 6.45) is 9.74. The molecule has 3 rings (SSSR count). The van der Waals surface area contributed by atoms with Crippen LogP contribution in [-0.2, 0) is 6.54 Å². The van der Waals surface area contributed by atoms with Gasteiger partial charge in [0.15, 0.2) is 5.82 Å². The van der Waals surface area contributed by atoms with Gasteiger partial charge >= 0.3 is 0 Å². The molecule has 28 heavy (non-hydrogen) atoms. The summed E-state index contributed by atoms with van der Waals surface area (Å²) >= 11 is 0. The molecule has 1 aromatic heterocycles. The van der Waals surface area contributed by atoms with Gasteiger partial charge in [-0.1, -0.05) is 31.2 Å². The minimum Gasteiger partial charge on any atom is -0.328 e. The first kappa shape index (κ1) is 20.9. The summed E-state index contributed by atoms with van der Waals surface area (Å²) in [5.41, 5.74) is 8.40. The number of nitrogens with two attached hydrogens (primary N) is 1. The molecule has 1 aliphatic rings. The summed E-state index contributed by atoms with van der Waals surface area (Å²) in [4.78, 5) is 11.1. The fraction of sp³-hybridized carbons (Fsp3) is 0.565. The predicted octanol–water partition coefficient (Wildman–Crippen LogP) is 3.46. The summed E-state index contributed by atoms with van der Waals surface area (Å²) in [6.45, 7) is 7.69. The van der Waals surface area contributed by atoms with Crippen molar-refractivity contribution in [1.82, 2.24) is 20.2 Å². The van der Waals surface area contributed by atoms with Crippen LogP contribution in [0.1, 0.15) is 44.6 Å². The van der Waals surface area contributed by atoms with Crippen molar-refractivity contribution in [2.24, 2.45) is 11.7 Å². The van der Waals surface area contributed by atoms with Crippen LogP contribution in [0.5, 0.6) is 0 Å². The maximum Gasteiger partial charge on any atom is 0.159 e. The SMILES string of the molecule is CCN(CCCNCC1CCC(N)CC1)Cc1ccc(-c2ncccn2)cc1. The summed E-state index contributed by atoms with van der Waals surface area (Å²) < 4.78 is 0. The Bertz CT molecular complexity index is 665. The molecule has 0 unspecified atom stereocenters. The molecular weight excluding hydrogens is 346 g/mol.